The van der Waals surface area contributed by atoms with E-state index in [4.69, 9.17) is 9.15 Å². The first-order valence-corrected chi connectivity index (χ1v) is 9.02. The Bertz CT molecular complexity index is 801. The summed E-state index contributed by atoms with van der Waals surface area (Å²) in [5.41, 5.74) is -0.0669. The maximum absolute atomic E-state index is 12.5. The number of benzene rings is 1. The Morgan fingerprint density at radius 2 is 2.00 bits per heavy atom. The Morgan fingerprint density at radius 1 is 1.28 bits per heavy atom. The Kier molecular flexibility index (Phi) is 5.41. The van der Waals surface area contributed by atoms with Crippen LogP contribution in [0.3, 0.4) is 0 Å². The molecule has 1 saturated carbocycles. The second-order valence-corrected chi connectivity index (χ2v) is 6.67. The van der Waals surface area contributed by atoms with E-state index in [1.54, 1.807) is 31.2 Å². The summed E-state index contributed by atoms with van der Waals surface area (Å²) in [6.45, 7) is 2.08. The van der Waals surface area contributed by atoms with Crippen molar-refractivity contribution in [1.82, 2.24) is 0 Å². The van der Waals surface area contributed by atoms with Crippen LogP contribution >= 0.6 is 0 Å². The maximum atomic E-state index is 12.5. The van der Waals surface area contributed by atoms with Gasteiger partial charge in [0.25, 0.3) is 0 Å². The molecule has 0 amide bonds. The van der Waals surface area contributed by atoms with E-state index in [-0.39, 0.29) is 29.6 Å². The van der Waals surface area contributed by atoms with E-state index >= 15 is 0 Å². The van der Waals surface area contributed by atoms with Crippen LogP contribution in [-0.4, -0.2) is 17.7 Å². The zero-order valence-corrected chi connectivity index (χ0v) is 14.5. The van der Waals surface area contributed by atoms with Gasteiger partial charge in [-0.2, -0.15) is 0 Å². The molecule has 1 aromatic heterocycles. The van der Waals surface area contributed by atoms with E-state index in [1.165, 1.54) is 6.42 Å². The first kappa shape index (κ1) is 17.5. The fraction of sp³-hybridized carbons (Fsp3) is 0.500. The molecule has 1 aliphatic carbocycles. The predicted octanol–water partition coefficient (Wildman–Crippen LogP) is 3.80. The van der Waals surface area contributed by atoms with Gasteiger partial charge in [-0.15, -0.1) is 0 Å². The van der Waals surface area contributed by atoms with Crippen molar-refractivity contribution in [2.45, 2.75) is 45.4 Å². The number of para-hydroxylation sites is 1. The van der Waals surface area contributed by atoms with E-state index in [2.05, 4.69) is 0 Å². The summed E-state index contributed by atoms with van der Waals surface area (Å²) in [4.78, 5) is 24.9. The molecule has 25 heavy (non-hydrogen) atoms. The quantitative estimate of drug-likeness (QED) is 0.659. The van der Waals surface area contributed by atoms with Crippen molar-refractivity contribution in [1.29, 1.82) is 0 Å². The van der Waals surface area contributed by atoms with Crippen molar-refractivity contribution in [3.05, 3.63) is 40.2 Å². The average Bonchev–Trinajstić information content (AvgIpc) is 2.62. The Hall–Kier alpha value is -2.30. The number of hydrogen-bond acceptors (Lipinski definition) is 5. The van der Waals surface area contributed by atoms with Crippen molar-refractivity contribution >= 4 is 16.9 Å². The Morgan fingerprint density at radius 3 is 2.72 bits per heavy atom. The molecule has 3 rings (SSSR count). The predicted molar refractivity (Wildman–Crippen MR) is 94.6 cm³/mol. The minimum atomic E-state index is -0.582. The Balaban J connectivity index is 1.97. The van der Waals surface area contributed by atoms with Crippen molar-refractivity contribution in [3.63, 3.8) is 0 Å². The number of carbonyl (C=O) groups is 1. The number of ether oxygens (including phenoxy) is 1. The molecule has 1 aromatic carbocycles. The van der Waals surface area contributed by atoms with Gasteiger partial charge in [-0.3, -0.25) is 4.79 Å². The second kappa shape index (κ2) is 7.72. The fourth-order valence-corrected chi connectivity index (χ4v) is 3.80. The normalized spacial score (nSPS) is 16.7. The molecule has 1 aliphatic rings. The van der Waals surface area contributed by atoms with E-state index in [0.29, 0.717) is 17.6 Å². The molecule has 2 aromatic rings. The molecule has 1 unspecified atom stereocenters. The van der Waals surface area contributed by atoms with Gasteiger partial charge in [-0.1, -0.05) is 31.4 Å². The minimum Gasteiger partial charge on any atom is -0.507 e. The molecule has 1 heterocycles. The fourth-order valence-electron chi connectivity index (χ4n) is 3.80. The van der Waals surface area contributed by atoms with Gasteiger partial charge in [0.05, 0.1) is 23.5 Å². The molecule has 0 bridgehead atoms. The smallest absolute Gasteiger partial charge is 0.343 e. The van der Waals surface area contributed by atoms with Crippen LogP contribution in [0.1, 0.15) is 44.6 Å². The second-order valence-electron chi connectivity index (χ2n) is 6.67. The molecule has 1 N–H and O–H groups in total. The standard InChI is InChI=1S/C20H24O5/c1-2-24-19(22)15(13-8-4-3-5-9-13)12-16-18(21)14-10-6-7-11-17(14)25-20(16)23/h6-7,10-11,13,15,21H,2-5,8-9,12H2,1H3. The molecule has 0 radical (unpaired) electrons. The van der Waals surface area contributed by atoms with Gasteiger partial charge in [-0.05, 0) is 44.2 Å². The lowest BCUT2D eigenvalue weighted by Crippen LogP contribution is -2.31. The summed E-state index contributed by atoms with van der Waals surface area (Å²) >= 11 is 0. The number of esters is 1. The summed E-state index contributed by atoms with van der Waals surface area (Å²) in [6, 6.07) is 6.87. The summed E-state index contributed by atoms with van der Waals surface area (Å²) < 4.78 is 10.6. The van der Waals surface area contributed by atoms with E-state index in [9.17, 15) is 14.7 Å². The Labute approximate surface area is 146 Å². The zero-order chi connectivity index (χ0) is 17.8. The molecule has 0 aliphatic heterocycles. The molecule has 5 heteroatoms. The van der Waals surface area contributed by atoms with Crippen LogP contribution in [0.25, 0.3) is 11.0 Å². The molecule has 5 nitrogen and oxygen atoms in total. The van der Waals surface area contributed by atoms with Crippen LogP contribution in [0, 0.1) is 11.8 Å². The highest BCUT2D eigenvalue weighted by Gasteiger charge is 2.33. The summed E-state index contributed by atoms with van der Waals surface area (Å²) in [5.74, 6) is -0.619. The monoisotopic (exact) mass is 344 g/mol. The lowest BCUT2D eigenvalue weighted by molar-refractivity contribution is -0.150. The first-order valence-electron chi connectivity index (χ1n) is 9.02. The van der Waals surface area contributed by atoms with Crippen LogP contribution in [0.2, 0.25) is 0 Å². The highest BCUT2D eigenvalue weighted by Crippen LogP contribution is 2.35. The zero-order valence-electron chi connectivity index (χ0n) is 14.5. The number of carbonyl (C=O) groups excluding carboxylic acids is 1. The molecular formula is C20H24O5. The van der Waals surface area contributed by atoms with E-state index in [1.807, 2.05) is 0 Å². The SMILES string of the molecule is CCOC(=O)C(Cc1c(O)c2ccccc2oc1=O)C1CCCCC1. The van der Waals surface area contributed by atoms with Gasteiger partial charge >= 0.3 is 11.6 Å². The van der Waals surface area contributed by atoms with Crippen LogP contribution in [0.5, 0.6) is 5.75 Å². The lowest BCUT2D eigenvalue weighted by atomic mass is 9.77. The third-order valence-corrected chi connectivity index (χ3v) is 5.11. The third-order valence-electron chi connectivity index (χ3n) is 5.11. The van der Waals surface area contributed by atoms with Gasteiger partial charge in [-0.25, -0.2) is 4.79 Å². The summed E-state index contributed by atoms with van der Waals surface area (Å²) in [6.07, 6.45) is 5.39. The highest BCUT2D eigenvalue weighted by atomic mass is 16.5. The summed E-state index contributed by atoms with van der Waals surface area (Å²) in [7, 11) is 0. The number of aromatic hydroxyl groups is 1. The van der Waals surface area contributed by atoms with Gasteiger partial charge in [0.15, 0.2) is 0 Å². The van der Waals surface area contributed by atoms with Gasteiger partial charge < -0.3 is 14.3 Å². The van der Waals surface area contributed by atoms with Crippen molar-refractivity contribution in [2.75, 3.05) is 6.61 Å². The topological polar surface area (TPSA) is 76.7 Å². The molecule has 0 spiro atoms. The number of hydrogen-bond donors (Lipinski definition) is 1. The number of rotatable bonds is 5. The molecule has 1 fully saturated rings. The summed E-state index contributed by atoms with van der Waals surface area (Å²) in [5, 5.41) is 11.1. The van der Waals surface area contributed by atoms with Gasteiger partial charge in [0.2, 0.25) is 0 Å². The largest absolute Gasteiger partial charge is 0.507 e. The van der Waals surface area contributed by atoms with Crippen molar-refractivity contribution < 1.29 is 19.1 Å². The minimum absolute atomic E-state index is 0.0862. The lowest BCUT2D eigenvalue weighted by Gasteiger charge is -2.28. The van der Waals surface area contributed by atoms with Gasteiger partial charge in [0, 0.05) is 0 Å². The van der Waals surface area contributed by atoms with Gasteiger partial charge in [0.1, 0.15) is 11.3 Å². The molecular weight excluding hydrogens is 320 g/mol. The van der Waals surface area contributed by atoms with Crippen LogP contribution in [-0.2, 0) is 16.0 Å². The average molecular weight is 344 g/mol. The first-order chi connectivity index (χ1) is 12.1. The third kappa shape index (κ3) is 3.70. The highest BCUT2D eigenvalue weighted by molar-refractivity contribution is 5.84. The van der Waals surface area contributed by atoms with Crippen LogP contribution in [0.15, 0.2) is 33.5 Å². The van der Waals surface area contributed by atoms with Crippen LogP contribution in [0.4, 0.5) is 0 Å². The van der Waals surface area contributed by atoms with E-state index < -0.39 is 11.5 Å². The molecule has 134 valence electrons. The molecule has 1 atom stereocenters. The molecule has 0 saturated heterocycles. The van der Waals surface area contributed by atoms with Crippen molar-refractivity contribution in [3.8, 4) is 5.75 Å². The van der Waals surface area contributed by atoms with E-state index in [0.717, 1.165) is 25.7 Å². The maximum Gasteiger partial charge on any atom is 0.343 e. The number of fused-ring (bicyclic) bond motifs is 1. The van der Waals surface area contributed by atoms with Crippen molar-refractivity contribution in [2.24, 2.45) is 11.8 Å². The van der Waals surface area contributed by atoms with Crippen LogP contribution < -0.4 is 5.63 Å².